The maximum Gasteiger partial charge on any atom is 0.140 e. The van der Waals surface area contributed by atoms with Crippen molar-refractivity contribution in [3.63, 3.8) is 0 Å². The fourth-order valence-electron chi connectivity index (χ4n) is 1.84. The number of aromatic hydroxyl groups is 1. The summed E-state index contributed by atoms with van der Waals surface area (Å²) in [7, 11) is 0. The molecule has 1 aliphatic rings. The van der Waals surface area contributed by atoms with Crippen molar-refractivity contribution in [2.75, 3.05) is 13.2 Å². The number of benzene rings is 1. The van der Waals surface area contributed by atoms with Gasteiger partial charge in [0.1, 0.15) is 11.5 Å². The highest BCUT2D eigenvalue weighted by atomic mass is 16.5. The van der Waals surface area contributed by atoms with Crippen LogP contribution in [-0.4, -0.2) is 24.1 Å². The Morgan fingerprint density at radius 3 is 3.07 bits per heavy atom. The van der Waals surface area contributed by atoms with Gasteiger partial charge in [-0.05, 0) is 24.1 Å². The maximum absolute atomic E-state index is 11.5. The smallest absolute Gasteiger partial charge is 0.140 e. The number of phenolic OH excluding ortho intramolecular Hbond substituents is 1. The van der Waals surface area contributed by atoms with Crippen LogP contribution in [0, 0.1) is 5.92 Å². The number of hydrogen-bond acceptors (Lipinski definition) is 3. The summed E-state index contributed by atoms with van der Waals surface area (Å²) in [6.45, 7) is 1.06. The van der Waals surface area contributed by atoms with Crippen LogP contribution in [-0.2, 0) is 16.0 Å². The zero-order chi connectivity index (χ0) is 10.7. The van der Waals surface area contributed by atoms with Crippen molar-refractivity contribution in [2.45, 2.75) is 12.8 Å². The van der Waals surface area contributed by atoms with E-state index in [1.54, 1.807) is 18.2 Å². The molecule has 15 heavy (non-hydrogen) atoms. The van der Waals surface area contributed by atoms with Gasteiger partial charge in [0.2, 0.25) is 0 Å². The van der Waals surface area contributed by atoms with Gasteiger partial charge in [-0.25, -0.2) is 0 Å². The van der Waals surface area contributed by atoms with E-state index in [0.717, 1.165) is 5.56 Å². The van der Waals surface area contributed by atoms with Crippen molar-refractivity contribution in [3.05, 3.63) is 29.8 Å². The molecule has 1 aromatic rings. The Morgan fingerprint density at radius 2 is 2.33 bits per heavy atom. The molecule has 1 fully saturated rings. The van der Waals surface area contributed by atoms with E-state index in [9.17, 15) is 9.90 Å². The van der Waals surface area contributed by atoms with Crippen molar-refractivity contribution in [2.24, 2.45) is 5.92 Å². The van der Waals surface area contributed by atoms with Crippen molar-refractivity contribution in [1.29, 1.82) is 0 Å². The number of Topliss-reactive ketones (excluding diaryl/α,β-unsaturated/α-hetero) is 1. The van der Waals surface area contributed by atoms with E-state index in [-0.39, 0.29) is 17.5 Å². The molecule has 0 saturated carbocycles. The maximum atomic E-state index is 11.5. The average molecular weight is 206 g/mol. The summed E-state index contributed by atoms with van der Waals surface area (Å²) < 4.78 is 5.27. The number of carbonyl (C=O) groups excluding carboxylic acids is 1. The monoisotopic (exact) mass is 206 g/mol. The molecule has 0 spiro atoms. The van der Waals surface area contributed by atoms with Gasteiger partial charge in [0.15, 0.2) is 0 Å². The van der Waals surface area contributed by atoms with Gasteiger partial charge in [0, 0.05) is 12.3 Å². The summed E-state index contributed by atoms with van der Waals surface area (Å²) in [4.78, 5) is 11.5. The zero-order valence-electron chi connectivity index (χ0n) is 8.48. The Balaban J connectivity index is 2.04. The lowest BCUT2D eigenvalue weighted by molar-refractivity contribution is -0.130. The van der Waals surface area contributed by atoms with E-state index in [1.807, 2.05) is 6.07 Å². The topological polar surface area (TPSA) is 46.5 Å². The van der Waals surface area contributed by atoms with Gasteiger partial charge in [-0.2, -0.15) is 0 Å². The van der Waals surface area contributed by atoms with Gasteiger partial charge in [-0.1, -0.05) is 12.1 Å². The standard InChI is InChI=1S/C12H14O3/c13-11-3-1-2-9(7-11)6-10-8-15-5-4-12(10)14/h1-3,7,10,13H,4-6,8H2. The Labute approximate surface area is 88.7 Å². The lowest BCUT2D eigenvalue weighted by Crippen LogP contribution is -2.29. The van der Waals surface area contributed by atoms with Gasteiger partial charge < -0.3 is 9.84 Å². The second kappa shape index (κ2) is 4.45. The number of hydrogen-bond donors (Lipinski definition) is 1. The van der Waals surface area contributed by atoms with Crippen LogP contribution in [0.25, 0.3) is 0 Å². The SMILES string of the molecule is O=C1CCOCC1Cc1cccc(O)c1. The largest absolute Gasteiger partial charge is 0.508 e. The first kappa shape index (κ1) is 10.2. The van der Waals surface area contributed by atoms with Crippen LogP contribution in [0.4, 0.5) is 0 Å². The molecule has 0 aromatic heterocycles. The average Bonchev–Trinajstić information content (AvgIpc) is 2.22. The van der Waals surface area contributed by atoms with Crippen LogP contribution in [0.2, 0.25) is 0 Å². The Kier molecular flexibility index (Phi) is 3.02. The minimum Gasteiger partial charge on any atom is -0.508 e. The summed E-state index contributed by atoms with van der Waals surface area (Å²) in [6, 6.07) is 7.03. The molecule has 0 bridgehead atoms. The van der Waals surface area contributed by atoms with Crippen molar-refractivity contribution in [3.8, 4) is 5.75 Å². The third-order valence-electron chi connectivity index (χ3n) is 2.66. The molecule has 80 valence electrons. The van der Waals surface area contributed by atoms with E-state index < -0.39 is 0 Å². The molecule has 1 saturated heterocycles. The molecule has 0 aliphatic carbocycles. The molecular weight excluding hydrogens is 192 g/mol. The van der Waals surface area contributed by atoms with Crippen molar-refractivity contribution >= 4 is 5.78 Å². The molecule has 0 amide bonds. The molecule has 2 rings (SSSR count). The van der Waals surface area contributed by atoms with Crippen LogP contribution in [0.5, 0.6) is 5.75 Å². The predicted molar refractivity (Wildman–Crippen MR) is 55.7 cm³/mol. The number of phenols is 1. The van der Waals surface area contributed by atoms with E-state index in [0.29, 0.717) is 26.1 Å². The third kappa shape index (κ3) is 2.57. The van der Waals surface area contributed by atoms with Crippen molar-refractivity contribution in [1.82, 2.24) is 0 Å². The first-order valence-electron chi connectivity index (χ1n) is 5.14. The summed E-state index contributed by atoms with van der Waals surface area (Å²) in [6.07, 6.45) is 1.18. The lowest BCUT2D eigenvalue weighted by Gasteiger charge is -2.20. The van der Waals surface area contributed by atoms with Crippen LogP contribution in [0.15, 0.2) is 24.3 Å². The fraction of sp³-hybridized carbons (Fsp3) is 0.417. The first-order chi connectivity index (χ1) is 7.25. The van der Waals surface area contributed by atoms with Crippen molar-refractivity contribution < 1.29 is 14.6 Å². The molecular formula is C12H14O3. The molecule has 3 nitrogen and oxygen atoms in total. The Bertz CT molecular complexity index is 360. The van der Waals surface area contributed by atoms with Crippen LogP contribution >= 0.6 is 0 Å². The van der Waals surface area contributed by atoms with E-state index >= 15 is 0 Å². The highest BCUT2D eigenvalue weighted by Crippen LogP contribution is 2.18. The van der Waals surface area contributed by atoms with E-state index in [2.05, 4.69) is 0 Å². The summed E-state index contributed by atoms with van der Waals surface area (Å²) in [5.74, 6) is 0.474. The molecule has 1 heterocycles. The quantitative estimate of drug-likeness (QED) is 0.798. The van der Waals surface area contributed by atoms with Gasteiger partial charge in [0.25, 0.3) is 0 Å². The highest BCUT2D eigenvalue weighted by Gasteiger charge is 2.22. The number of rotatable bonds is 2. The van der Waals surface area contributed by atoms with E-state index in [1.165, 1.54) is 0 Å². The fourth-order valence-corrected chi connectivity index (χ4v) is 1.84. The molecule has 1 unspecified atom stereocenters. The molecule has 0 radical (unpaired) electrons. The van der Waals surface area contributed by atoms with Crippen LogP contribution in [0.3, 0.4) is 0 Å². The molecule has 3 heteroatoms. The van der Waals surface area contributed by atoms with Gasteiger partial charge >= 0.3 is 0 Å². The number of carbonyl (C=O) groups is 1. The van der Waals surface area contributed by atoms with Crippen LogP contribution in [0.1, 0.15) is 12.0 Å². The summed E-state index contributed by atoms with van der Waals surface area (Å²) in [5.41, 5.74) is 0.985. The van der Waals surface area contributed by atoms with E-state index in [4.69, 9.17) is 4.74 Å². The minimum atomic E-state index is -0.0412. The lowest BCUT2D eigenvalue weighted by atomic mass is 9.93. The summed E-state index contributed by atoms with van der Waals surface area (Å²) in [5, 5.41) is 9.29. The predicted octanol–water partition coefficient (Wildman–Crippen LogP) is 1.54. The first-order valence-corrected chi connectivity index (χ1v) is 5.14. The number of ether oxygens (including phenoxy) is 1. The van der Waals surface area contributed by atoms with Crippen LogP contribution < -0.4 is 0 Å². The molecule has 1 aromatic carbocycles. The Hall–Kier alpha value is -1.35. The van der Waals surface area contributed by atoms with Gasteiger partial charge in [0.05, 0.1) is 13.2 Å². The molecule has 1 atom stereocenters. The second-order valence-electron chi connectivity index (χ2n) is 3.86. The highest BCUT2D eigenvalue weighted by molar-refractivity contribution is 5.82. The normalized spacial score (nSPS) is 21.6. The minimum absolute atomic E-state index is 0.0412. The number of ketones is 1. The molecule has 1 aliphatic heterocycles. The zero-order valence-corrected chi connectivity index (χ0v) is 8.48. The van der Waals surface area contributed by atoms with Gasteiger partial charge in [-0.3, -0.25) is 4.79 Å². The summed E-state index contributed by atoms with van der Waals surface area (Å²) >= 11 is 0. The van der Waals surface area contributed by atoms with Gasteiger partial charge in [-0.15, -0.1) is 0 Å². The molecule has 1 N–H and O–H groups in total. The third-order valence-corrected chi connectivity index (χ3v) is 2.66. The second-order valence-corrected chi connectivity index (χ2v) is 3.86. The Morgan fingerprint density at radius 1 is 1.47 bits per heavy atom.